The van der Waals surface area contributed by atoms with Crippen LogP contribution in [-0.2, 0) is 0 Å². The van der Waals surface area contributed by atoms with Crippen molar-refractivity contribution in [2.24, 2.45) is 0 Å². The molecule has 2 aromatic rings. The second-order valence-corrected chi connectivity index (χ2v) is 5.38. The molecule has 0 aliphatic carbocycles. The van der Waals surface area contributed by atoms with Crippen molar-refractivity contribution in [3.63, 3.8) is 0 Å². The molecule has 1 saturated heterocycles. The normalized spacial score (nSPS) is 19.2. The number of thiazole rings is 1. The van der Waals surface area contributed by atoms with E-state index in [1.807, 2.05) is 0 Å². The highest BCUT2D eigenvalue weighted by atomic mass is 32.1. The lowest BCUT2D eigenvalue weighted by Crippen LogP contribution is -2.40. The fraction of sp³-hybridized carbons (Fsp3) is 0.417. The van der Waals surface area contributed by atoms with Gasteiger partial charge in [-0.2, -0.15) is 0 Å². The largest absolute Gasteiger partial charge is 0.394 e. The highest BCUT2D eigenvalue weighted by Gasteiger charge is 2.30. The summed E-state index contributed by atoms with van der Waals surface area (Å²) in [7, 11) is 0. The van der Waals surface area contributed by atoms with Gasteiger partial charge >= 0.3 is 0 Å². The van der Waals surface area contributed by atoms with Crippen molar-refractivity contribution in [2.45, 2.75) is 18.9 Å². The van der Waals surface area contributed by atoms with Crippen molar-refractivity contribution < 1.29 is 9.90 Å². The van der Waals surface area contributed by atoms with Gasteiger partial charge in [-0.3, -0.25) is 14.0 Å². The Hall–Kier alpha value is -1.73. The summed E-state index contributed by atoms with van der Waals surface area (Å²) in [5, 5.41) is 11.0. The van der Waals surface area contributed by atoms with Crippen LogP contribution in [0.5, 0.6) is 0 Å². The van der Waals surface area contributed by atoms with Gasteiger partial charge in [-0.15, -0.1) is 11.3 Å². The Morgan fingerprint density at radius 3 is 3.21 bits per heavy atom. The van der Waals surface area contributed by atoms with E-state index in [1.54, 1.807) is 16.5 Å². The molecule has 3 heterocycles. The number of carbonyl (C=O) groups excluding carboxylic acids is 1. The SMILES string of the molecule is O=C(c1cnc2sccn2c1=O)N1CCC[C@H]1CO. The Labute approximate surface area is 112 Å². The van der Waals surface area contributed by atoms with E-state index >= 15 is 0 Å². The predicted octanol–water partition coefficient (Wildman–Crippen LogP) is 0.353. The number of hydrogen-bond acceptors (Lipinski definition) is 5. The molecule has 3 rings (SSSR count). The summed E-state index contributed by atoms with van der Waals surface area (Å²) in [6.07, 6.45) is 4.58. The van der Waals surface area contributed by atoms with Gasteiger partial charge in [0.05, 0.1) is 12.6 Å². The molecule has 1 aliphatic rings. The van der Waals surface area contributed by atoms with E-state index in [1.165, 1.54) is 21.9 Å². The number of likely N-dealkylation sites (tertiary alicyclic amines) is 1. The Bertz CT molecular complexity index is 678. The van der Waals surface area contributed by atoms with Gasteiger partial charge in [0.1, 0.15) is 5.56 Å². The molecule has 2 aromatic heterocycles. The van der Waals surface area contributed by atoms with E-state index in [2.05, 4.69) is 4.98 Å². The third kappa shape index (κ3) is 1.95. The van der Waals surface area contributed by atoms with Crippen LogP contribution < -0.4 is 5.56 Å². The van der Waals surface area contributed by atoms with Crippen LogP contribution in [0.25, 0.3) is 4.96 Å². The van der Waals surface area contributed by atoms with Crippen molar-refractivity contribution in [3.05, 3.63) is 33.7 Å². The predicted molar refractivity (Wildman–Crippen MR) is 70.5 cm³/mol. The molecule has 1 fully saturated rings. The molecular formula is C12H13N3O3S. The number of rotatable bonds is 2. The molecule has 6 nitrogen and oxygen atoms in total. The first-order valence-electron chi connectivity index (χ1n) is 6.09. The second kappa shape index (κ2) is 4.75. The first-order chi connectivity index (χ1) is 9.22. The van der Waals surface area contributed by atoms with Gasteiger partial charge < -0.3 is 10.0 Å². The maximum absolute atomic E-state index is 12.4. The van der Waals surface area contributed by atoms with Gasteiger partial charge in [0, 0.05) is 24.3 Å². The second-order valence-electron chi connectivity index (χ2n) is 4.51. The van der Waals surface area contributed by atoms with Crippen LogP contribution in [0.4, 0.5) is 0 Å². The monoisotopic (exact) mass is 279 g/mol. The van der Waals surface area contributed by atoms with Gasteiger partial charge in [0.25, 0.3) is 11.5 Å². The van der Waals surface area contributed by atoms with Crippen molar-refractivity contribution in [3.8, 4) is 0 Å². The topological polar surface area (TPSA) is 74.9 Å². The Morgan fingerprint density at radius 2 is 2.42 bits per heavy atom. The zero-order valence-electron chi connectivity index (χ0n) is 10.2. The van der Waals surface area contributed by atoms with Gasteiger partial charge in [0.15, 0.2) is 4.96 Å². The standard InChI is InChI=1S/C12H13N3O3S/c16-7-8-2-1-3-14(8)10(17)9-6-13-12-15(11(9)18)4-5-19-12/h4-6,8,16H,1-3,7H2/t8-/m0/s1. The number of aromatic nitrogens is 2. The van der Waals surface area contributed by atoms with Crippen LogP contribution >= 0.6 is 11.3 Å². The summed E-state index contributed by atoms with van der Waals surface area (Å²) in [6.45, 7) is 0.511. The quantitative estimate of drug-likeness (QED) is 0.861. The van der Waals surface area contributed by atoms with E-state index in [-0.39, 0.29) is 29.7 Å². The first kappa shape index (κ1) is 12.3. The van der Waals surface area contributed by atoms with Gasteiger partial charge in [-0.05, 0) is 12.8 Å². The maximum Gasteiger partial charge on any atom is 0.271 e. The number of hydrogen-bond donors (Lipinski definition) is 1. The minimum atomic E-state index is -0.347. The zero-order chi connectivity index (χ0) is 13.4. The molecule has 19 heavy (non-hydrogen) atoms. The highest BCUT2D eigenvalue weighted by Crippen LogP contribution is 2.18. The van der Waals surface area contributed by atoms with Gasteiger partial charge in [-0.25, -0.2) is 4.98 Å². The molecule has 1 atom stereocenters. The minimum absolute atomic E-state index is 0.0660. The fourth-order valence-corrected chi connectivity index (χ4v) is 3.09. The van der Waals surface area contributed by atoms with Crippen molar-refractivity contribution >= 4 is 22.2 Å². The smallest absolute Gasteiger partial charge is 0.271 e. The third-order valence-electron chi connectivity index (χ3n) is 3.42. The van der Waals surface area contributed by atoms with Gasteiger partial charge in [0.2, 0.25) is 0 Å². The number of fused-ring (bicyclic) bond motifs is 1. The Morgan fingerprint density at radius 1 is 1.58 bits per heavy atom. The van der Waals surface area contributed by atoms with E-state index in [9.17, 15) is 14.7 Å². The molecule has 0 saturated carbocycles. The molecule has 1 aliphatic heterocycles. The molecular weight excluding hydrogens is 266 g/mol. The third-order valence-corrected chi connectivity index (χ3v) is 4.19. The molecule has 0 radical (unpaired) electrons. The van der Waals surface area contributed by atoms with Crippen molar-refractivity contribution in [1.82, 2.24) is 14.3 Å². The lowest BCUT2D eigenvalue weighted by atomic mass is 10.2. The van der Waals surface area contributed by atoms with E-state index in [4.69, 9.17) is 0 Å². The van der Waals surface area contributed by atoms with Crippen molar-refractivity contribution in [2.75, 3.05) is 13.2 Å². The fourth-order valence-electron chi connectivity index (χ4n) is 2.42. The molecule has 0 bridgehead atoms. The molecule has 0 unspecified atom stereocenters. The summed E-state index contributed by atoms with van der Waals surface area (Å²) in [6, 6.07) is -0.185. The van der Waals surface area contributed by atoms with Crippen LogP contribution in [0, 0.1) is 0 Å². The van der Waals surface area contributed by atoms with E-state index in [0.29, 0.717) is 11.5 Å². The zero-order valence-corrected chi connectivity index (χ0v) is 11.0. The number of nitrogens with zero attached hydrogens (tertiary/aromatic N) is 3. The molecule has 0 aromatic carbocycles. The maximum atomic E-state index is 12.4. The summed E-state index contributed by atoms with van der Waals surface area (Å²) < 4.78 is 1.38. The van der Waals surface area contributed by atoms with Crippen LogP contribution in [0.15, 0.2) is 22.6 Å². The van der Waals surface area contributed by atoms with E-state index < -0.39 is 0 Å². The van der Waals surface area contributed by atoms with Crippen molar-refractivity contribution in [1.29, 1.82) is 0 Å². The van der Waals surface area contributed by atoms with Crippen LogP contribution in [0.2, 0.25) is 0 Å². The lowest BCUT2D eigenvalue weighted by Gasteiger charge is -2.22. The molecule has 1 N–H and O–H groups in total. The summed E-state index contributed by atoms with van der Waals surface area (Å²) in [4.78, 5) is 30.8. The summed E-state index contributed by atoms with van der Waals surface area (Å²) >= 11 is 1.35. The average Bonchev–Trinajstić information content (AvgIpc) is 3.07. The first-order valence-corrected chi connectivity index (χ1v) is 6.97. The van der Waals surface area contributed by atoms with Crippen LogP contribution in [-0.4, -0.2) is 44.5 Å². The Balaban J connectivity index is 2.02. The number of amides is 1. The van der Waals surface area contributed by atoms with Gasteiger partial charge in [-0.1, -0.05) is 0 Å². The summed E-state index contributed by atoms with van der Waals surface area (Å²) in [5.74, 6) is -0.338. The number of aliphatic hydroxyl groups excluding tert-OH is 1. The number of carbonyl (C=O) groups is 1. The molecule has 1 amide bonds. The minimum Gasteiger partial charge on any atom is -0.394 e. The summed E-state index contributed by atoms with van der Waals surface area (Å²) in [5.41, 5.74) is -0.281. The molecule has 100 valence electrons. The lowest BCUT2D eigenvalue weighted by molar-refractivity contribution is 0.0675. The van der Waals surface area contributed by atoms with Crippen LogP contribution in [0.1, 0.15) is 23.2 Å². The van der Waals surface area contributed by atoms with E-state index in [0.717, 1.165) is 12.8 Å². The Kier molecular flexibility index (Phi) is 3.08. The average molecular weight is 279 g/mol. The highest BCUT2D eigenvalue weighted by molar-refractivity contribution is 7.15. The van der Waals surface area contributed by atoms with Crippen LogP contribution in [0.3, 0.4) is 0 Å². The molecule has 0 spiro atoms. The number of aliphatic hydroxyl groups is 1. The molecule has 7 heteroatoms.